The molecule has 1 aliphatic rings. The van der Waals surface area contributed by atoms with Crippen LogP contribution in [0.3, 0.4) is 0 Å². The number of carbonyl (C=O) groups excluding carboxylic acids is 1. The van der Waals surface area contributed by atoms with Gasteiger partial charge in [0.05, 0.1) is 10.4 Å². The first-order valence-corrected chi connectivity index (χ1v) is 10.7. The van der Waals surface area contributed by atoms with E-state index in [2.05, 4.69) is 4.98 Å². The van der Waals surface area contributed by atoms with E-state index in [4.69, 9.17) is 0 Å². The van der Waals surface area contributed by atoms with Gasteiger partial charge in [0.2, 0.25) is 10.0 Å². The summed E-state index contributed by atoms with van der Waals surface area (Å²) in [7, 11) is -3.72. The van der Waals surface area contributed by atoms with Crippen LogP contribution in [-0.2, 0) is 10.0 Å². The van der Waals surface area contributed by atoms with Gasteiger partial charge in [-0.3, -0.25) is 9.78 Å². The topological polar surface area (TPSA) is 70.6 Å². The lowest BCUT2D eigenvalue weighted by Gasteiger charge is -2.34. The molecule has 2 heterocycles. The molecule has 0 atom stereocenters. The second kappa shape index (κ2) is 7.53. The molecule has 8 heteroatoms. The summed E-state index contributed by atoms with van der Waals surface area (Å²) < 4.78 is 41.0. The maximum absolute atomic E-state index is 13.2. The number of halogens is 1. The highest BCUT2D eigenvalue weighted by Crippen LogP contribution is 2.27. The first-order valence-electron chi connectivity index (χ1n) is 9.27. The molecule has 0 radical (unpaired) electrons. The molecule has 0 saturated carbocycles. The van der Waals surface area contributed by atoms with Crippen molar-refractivity contribution in [2.24, 2.45) is 0 Å². The molecule has 1 fully saturated rings. The van der Waals surface area contributed by atoms with Crippen LogP contribution in [0.15, 0.2) is 59.6 Å². The number of fused-ring (bicyclic) bond motifs is 1. The fraction of sp³-hybridized carbons (Fsp3) is 0.238. The zero-order valence-electron chi connectivity index (χ0n) is 15.9. The number of amides is 1. The molecule has 1 aromatic heterocycles. The molecule has 2 aromatic carbocycles. The second-order valence-electron chi connectivity index (χ2n) is 6.98. The predicted octanol–water partition coefficient (Wildman–Crippen LogP) is 2.83. The lowest BCUT2D eigenvalue weighted by atomic mass is 10.1. The minimum Gasteiger partial charge on any atom is -0.336 e. The van der Waals surface area contributed by atoms with Crippen LogP contribution in [0.5, 0.6) is 0 Å². The van der Waals surface area contributed by atoms with Gasteiger partial charge in [0, 0.05) is 43.3 Å². The molecule has 0 unspecified atom stereocenters. The summed E-state index contributed by atoms with van der Waals surface area (Å²) in [5.41, 5.74) is 1.96. The van der Waals surface area contributed by atoms with Crippen LogP contribution < -0.4 is 0 Å². The fourth-order valence-corrected chi connectivity index (χ4v) is 5.16. The van der Waals surface area contributed by atoms with Gasteiger partial charge in [-0.2, -0.15) is 4.31 Å². The Bertz CT molecular complexity index is 1170. The number of piperazine rings is 1. The number of pyridine rings is 1. The minimum atomic E-state index is -3.72. The lowest BCUT2D eigenvalue weighted by Crippen LogP contribution is -2.50. The Hall–Kier alpha value is -2.84. The third-order valence-corrected chi connectivity index (χ3v) is 7.12. The van der Waals surface area contributed by atoms with E-state index in [0.717, 1.165) is 5.56 Å². The molecule has 1 aliphatic heterocycles. The summed E-state index contributed by atoms with van der Waals surface area (Å²) >= 11 is 0. The summed E-state index contributed by atoms with van der Waals surface area (Å²) in [6, 6.07) is 12.2. The van der Waals surface area contributed by atoms with Gasteiger partial charge in [0.25, 0.3) is 5.91 Å². The molecule has 6 nitrogen and oxygen atoms in total. The predicted molar refractivity (Wildman–Crippen MR) is 108 cm³/mol. The molecule has 0 spiro atoms. The number of carbonyl (C=O) groups is 1. The maximum atomic E-state index is 13.2. The molecule has 1 saturated heterocycles. The molecule has 3 aromatic rings. The minimum absolute atomic E-state index is 0.199. The number of rotatable bonds is 3. The molecule has 0 aliphatic carbocycles. The SMILES string of the molecule is Cc1ccc(S(=O)(=O)N2CCN(C(=O)c3ccc(F)cc3)CC2)c2cccnc12. The van der Waals surface area contributed by atoms with Crippen molar-refractivity contribution < 1.29 is 17.6 Å². The molecular formula is C21H20FN3O3S. The van der Waals surface area contributed by atoms with Crippen molar-refractivity contribution in [2.75, 3.05) is 26.2 Å². The van der Waals surface area contributed by atoms with Crippen molar-refractivity contribution in [3.05, 3.63) is 71.7 Å². The average molecular weight is 413 g/mol. The zero-order valence-corrected chi connectivity index (χ0v) is 16.7. The van der Waals surface area contributed by atoms with Gasteiger partial charge in [-0.05, 0) is 55.0 Å². The molecule has 150 valence electrons. The Morgan fingerprint density at radius 2 is 1.69 bits per heavy atom. The molecule has 0 N–H and O–H groups in total. The number of benzene rings is 2. The highest BCUT2D eigenvalue weighted by Gasteiger charge is 2.31. The van der Waals surface area contributed by atoms with Crippen molar-refractivity contribution in [1.82, 2.24) is 14.2 Å². The van der Waals surface area contributed by atoms with Crippen LogP contribution >= 0.6 is 0 Å². The van der Waals surface area contributed by atoms with Gasteiger partial charge in [-0.15, -0.1) is 0 Å². The fourth-order valence-electron chi connectivity index (χ4n) is 3.56. The third kappa shape index (κ3) is 3.61. The second-order valence-corrected chi connectivity index (χ2v) is 8.89. The molecule has 0 bridgehead atoms. The van der Waals surface area contributed by atoms with Gasteiger partial charge in [0.15, 0.2) is 0 Å². The quantitative estimate of drug-likeness (QED) is 0.662. The van der Waals surface area contributed by atoms with E-state index >= 15 is 0 Å². The number of aromatic nitrogens is 1. The molecule has 4 rings (SSSR count). The van der Waals surface area contributed by atoms with Gasteiger partial charge < -0.3 is 4.90 Å². The molecule has 1 amide bonds. The lowest BCUT2D eigenvalue weighted by molar-refractivity contribution is 0.0698. The summed E-state index contributed by atoms with van der Waals surface area (Å²) in [5, 5.41) is 0.595. The standard InChI is InChI=1S/C21H20FN3O3S/c1-15-4-9-19(18-3-2-10-23-20(15)18)29(27,28)25-13-11-24(12-14-25)21(26)16-5-7-17(22)8-6-16/h2-10H,11-14H2,1H3. The van der Waals surface area contributed by atoms with Crippen molar-refractivity contribution >= 4 is 26.8 Å². The Labute approximate surface area is 168 Å². The smallest absolute Gasteiger partial charge is 0.253 e. The maximum Gasteiger partial charge on any atom is 0.253 e. The van der Waals surface area contributed by atoms with E-state index in [9.17, 15) is 17.6 Å². The average Bonchev–Trinajstić information content (AvgIpc) is 2.74. The summed E-state index contributed by atoms with van der Waals surface area (Å²) in [6.45, 7) is 2.84. The largest absolute Gasteiger partial charge is 0.336 e. The summed E-state index contributed by atoms with van der Waals surface area (Å²) in [4.78, 5) is 18.7. The third-order valence-electron chi connectivity index (χ3n) is 5.17. The van der Waals surface area contributed by atoms with Crippen LogP contribution in [0.4, 0.5) is 4.39 Å². The normalized spacial score (nSPS) is 15.6. The van der Waals surface area contributed by atoms with Gasteiger partial charge in [0.1, 0.15) is 5.82 Å². The van der Waals surface area contributed by atoms with Crippen LogP contribution in [-0.4, -0.2) is 54.7 Å². The van der Waals surface area contributed by atoms with E-state index in [1.165, 1.54) is 28.6 Å². The summed E-state index contributed by atoms with van der Waals surface area (Å²) in [6.07, 6.45) is 1.64. The first kappa shape index (κ1) is 19.5. The van der Waals surface area contributed by atoms with Crippen molar-refractivity contribution in [3.8, 4) is 0 Å². The highest BCUT2D eigenvalue weighted by atomic mass is 32.2. The van der Waals surface area contributed by atoms with E-state index < -0.39 is 15.8 Å². The Balaban J connectivity index is 1.55. The van der Waals surface area contributed by atoms with E-state index in [1.54, 1.807) is 35.4 Å². The van der Waals surface area contributed by atoms with E-state index in [-0.39, 0.29) is 37.0 Å². The van der Waals surface area contributed by atoms with Crippen LogP contribution in [0.2, 0.25) is 0 Å². The zero-order chi connectivity index (χ0) is 20.6. The summed E-state index contributed by atoms with van der Waals surface area (Å²) in [5.74, 6) is -0.635. The van der Waals surface area contributed by atoms with Gasteiger partial charge in [-0.25, -0.2) is 12.8 Å². The molecule has 29 heavy (non-hydrogen) atoms. The van der Waals surface area contributed by atoms with Crippen molar-refractivity contribution in [2.45, 2.75) is 11.8 Å². The number of nitrogens with zero attached hydrogens (tertiary/aromatic N) is 3. The Kier molecular flexibility index (Phi) is 5.06. The van der Waals surface area contributed by atoms with Gasteiger partial charge in [-0.1, -0.05) is 6.07 Å². The van der Waals surface area contributed by atoms with Crippen LogP contribution in [0, 0.1) is 12.7 Å². The van der Waals surface area contributed by atoms with Crippen LogP contribution in [0.1, 0.15) is 15.9 Å². The Morgan fingerprint density at radius 1 is 1.00 bits per heavy atom. The van der Waals surface area contributed by atoms with Gasteiger partial charge >= 0.3 is 0 Å². The van der Waals surface area contributed by atoms with Crippen LogP contribution in [0.25, 0.3) is 10.9 Å². The van der Waals surface area contributed by atoms with E-state index in [1.807, 2.05) is 6.92 Å². The van der Waals surface area contributed by atoms with Crippen molar-refractivity contribution in [3.63, 3.8) is 0 Å². The molecular weight excluding hydrogens is 393 g/mol. The number of aryl methyl sites for hydroxylation is 1. The Morgan fingerprint density at radius 3 is 2.38 bits per heavy atom. The highest BCUT2D eigenvalue weighted by molar-refractivity contribution is 7.89. The van der Waals surface area contributed by atoms with E-state index in [0.29, 0.717) is 16.5 Å². The number of hydrogen-bond acceptors (Lipinski definition) is 4. The number of sulfonamides is 1. The number of hydrogen-bond donors (Lipinski definition) is 0. The first-order chi connectivity index (χ1) is 13.9. The van der Waals surface area contributed by atoms with Crippen molar-refractivity contribution in [1.29, 1.82) is 0 Å². The monoisotopic (exact) mass is 413 g/mol.